The summed E-state index contributed by atoms with van der Waals surface area (Å²) in [5.41, 5.74) is 0.958. The molecule has 1 aromatic carbocycles. The van der Waals surface area contributed by atoms with E-state index in [0.29, 0.717) is 6.61 Å². The summed E-state index contributed by atoms with van der Waals surface area (Å²) >= 11 is 4.77. The standard InChI is InChI=1S/C12H13NO2S/c1-2-15-12(16)13-11(14)9-8-10-6-4-3-5-7-10/h3-9H,2H2,1H3,(H,13,14,16)/b9-8+. The van der Waals surface area contributed by atoms with Crippen molar-refractivity contribution < 1.29 is 9.53 Å². The van der Waals surface area contributed by atoms with Gasteiger partial charge in [-0.3, -0.25) is 10.1 Å². The third kappa shape index (κ3) is 4.70. The van der Waals surface area contributed by atoms with Crippen LogP contribution in [0, 0.1) is 0 Å². The van der Waals surface area contributed by atoms with Gasteiger partial charge in [0.1, 0.15) is 0 Å². The molecule has 1 rings (SSSR count). The molecule has 1 amide bonds. The van der Waals surface area contributed by atoms with Gasteiger partial charge in [0.25, 0.3) is 11.1 Å². The molecule has 0 saturated carbocycles. The second kappa shape index (κ2) is 6.74. The molecule has 0 aromatic heterocycles. The van der Waals surface area contributed by atoms with Gasteiger partial charge in [0, 0.05) is 6.08 Å². The Balaban J connectivity index is 2.46. The summed E-state index contributed by atoms with van der Waals surface area (Å²) in [6.45, 7) is 2.25. The lowest BCUT2D eigenvalue weighted by Crippen LogP contribution is -2.29. The molecule has 0 unspecified atom stereocenters. The van der Waals surface area contributed by atoms with Gasteiger partial charge in [-0.05, 0) is 30.8 Å². The van der Waals surface area contributed by atoms with Crippen LogP contribution in [0.4, 0.5) is 0 Å². The average Bonchev–Trinajstić information content (AvgIpc) is 2.28. The number of hydrogen-bond donors (Lipinski definition) is 1. The van der Waals surface area contributed by atoms with Gasteiger partial charge in [0.15, 0.2) is 0 Å². The van der Waals surface area contributed by atoms with Crippen molar-refractivity contribution in [3.8, 4) is 0 Å². The summed E-state index contributed by atoms with van der Waals surface area (Å²) in [7, 11) is 0. The zero-order valence-electron chi connectivity index (χ0n) is 8.97. The lowest BCUT2D eigenvalue weighted by Gasteiger charge is -2.03. The lowest BCUT2D eigenvalue weighted by atomic mass is 10.2. The molecule has 0 aliphatic heterocycles. The van der Waals surface area contributed by atoms with Crippen molar-refractivity contribution in [2.75, 3.05) is 6.61 Å². The highest BCUT2D eigenvalue weighted by Crippen LogP contribution is 2.00. The van der Waals surface area contributed by atoms with Crippen LogP contribution in [0.15, 0.2) is 36.4 Å². The van der Waals surface area contributed by atoms with Gasteiger partial charge in [0.2, 0.25) is 0 Å². The second-order valence-corrected chi connectivity index (χ2v) is 3.32. The fourth-order valence-corrected chi connectivity index (χ4v) is 1.26. The van der Waals surface area contributed by atoms with Crippen LogP contribution in [0.3, 0.4) is 0 Å². The second-order valence-electron chi connectivity index (χ2n) is 2.95. The first-order valence-electron chi connectivity index (χ1n) is 4.93. The molecule has 16 heavy (non-hydrogen) atoms. The molecular formula is C12H13NO2S. The van der Waals surface area contributed by atoms with E-state index in [9.17, 15) is 4.79 Å². The van der Waals surface area contributed by atoms with Gasteiger partial charge in [-0.2, -0.15) is 0 Å². The molecule has 0 atom stereocenters. The Bertz CT molecular complexity index is 387. The summed E-state index contributed by atoms with van der Waals surface area (Å²) < 4.78 is 4.93. The maximum atomic E-state index is 11.3. The summed E-state index contributed by atoms with van der Waals surface area (Å²) in [5, 5.41) is 2.54. The number of carbonyl (C=O) groups excluding carboxylic acids is 1. The Hall–Kier alpha value is -1.68. The molecule has 0 bridgehead atoms. The molecule has 84 valence electrons. The van der Waals surface area contributed by atoms with E-state index >= 15 is 0 Å². The molecule has 0 spiro atoms. The number of thiocarbonyl (C=S) groups is 1. The molecule has 0 aliphatic rings. The van der Waals surface area contributed by atoms with Gasteiger partial charge >= 0.3 is 0 Å². The van der Waals surface area contributed by atoms with Crippen molar-refractivity contribution in [1.82, 2.24) is 5.32 Å². The molecule has 1 N–H and O–H groups in total. The number of ether oxygens (including phenoxy) is 1. The van der Waals surface area contributed by atoms with Crippen LogP contribution in [0.1, 0.15) is 12.5 Å². The molecule has 0 radical (unpaired) electrons. The summed E-state index contributed by atoms with van der Waals surface area (Å²) in [6, 6.07) is 9.54. The van der Waals surface area contributed by atoms with Crippen molar-refractivity contribution in [3.05, 3.63) is 42.0 Å². The number of amides is 1. The minimum Gasteiger partial charge on any atom is -0.471 e. The van der Waals surface area contributed by atoms with Crippen LogP contribution >= 0.6 is 12.2 Å². The first kappa shape index (κ1) is 12.4. The van der Waals surface area contributed by atoms with Crippen LogP contribution < -0.4 is 5.32 Å². The molecule has 4 heteroatoms. The van der Waals surface area contributed by atoms with Crippen LogP contribution in [-0.4, -0.2) is 17.7 Å². The van der Waals surface area contributed by atoms with Crippen LogP contribution in [-0.2, 0) is 9.53 Å². The third-order valence-electron chi connectivity index (χ3n) is 1.73. The molecular weight excluding hydrogens is 222 g/mol. The predicted octanol–water partition coefficient (Wildman–Crippen LogP) is 2.14. The Morgan fingerprint density at radius 2 is 2.12 bits per heavy atom. The number of hydrogen-bond acceptors (Lipinski definition) is 3. The molecule has 3 nitrogen and oxygen atoms in total. The highest BCUT2D eigenvalue weighted by atomic mass is 32.1. The maximum absolute atomic E-state index is 11.3. The van der Waals surface area contributed by atoms with Crippen LogP contribution in [0.2, 0.25) is 0 Å². The fraction of sp³-hybridized carbons (Fsp3) is 0.167. The summed E-state index contributed by atoms with van der Waals surface area (Å²) in [4.78, 5) is 11.3. The van der Waals surface area contributed by atoms with E-state index in [4.69, 9.17) is 17.0 Å². The van der Waals surface area contributed by atoms with E-state index in [0.717, 1.165) is 5.56 Å². The Kier molecular flexibility index (Phi) is 5.22. The summed E-state index contributed by atoms with van der Waals surface area (Å²) in [5.74, 6) is -0.290. The van der Waals surface area contributed by atoms with Gasteiger partial charge in [-0.25, -0.2) is 0 Å². The fourth-order valence-electron chi connectivity index (χ4n) is 1.05. The van der Waals surface area contributed by atoms with E-state index < -0.39 is 0 Å². The maximum Gasteiger partial charge on any atom is 0.263 e. The van der Waals surface area contributed by atoms with Crippen molar-refractivity contribution in [3.63, 3.8) is 0 Å². The first-order chi connectivity index (χ1) is 7.72. The Labute approximate surface area is 100 Å². The number of carbonyl (C=O) groups is 1. The highest BCUT2D eigenvalue weighted by molar-refractivity contribution is 7.80. The van der Waals surface area contributed by atoms with Gasteiger partial charge in [0.05, 0.1) is 6.61 Å². The van der Waals surface area contributed by atoms with E-state index in [1.165, 1.54) is 6.08 Å². The minimum absolute atomic E-state index is 0.102. The van der Waals surface area contributed by atoms with E-state index in [2.05, 4.69) is 5.32 Å². The molecule has 0 fully saturated rings. The van der Waals surface area contributed by atoms with Crippen molar-refractivity contribution >= 4 is 29.4 Å². The quantitative estimate of drug-likeness (QED) is 0.644. The Morgan fingerprint density at radius 1 is 1.44 bits per heavy atom. The van der Waals surface area contributed by atoms with Crippen molar-refractivity contribution in [1.29, 1.82) is 0 Å². The van der Waals surface area contributed by atoms with Crippen molar-refractivity contribution in [2.24, 2.45) is 0 Å². The third-order valence-corrected chi connectivity index (χ3v) is 1.95. The first-order valence-corrected chi connectivity index (χ1v) is 5.34. The molecule has 0 saturated heterocycles. The molecule has 1 aromatic rings. The molecule has 0 aliphatic carbocycles. The topological polar surface area (TPSA) is 38.3 Å². The Morgan fingerprint density at radius 3 is 2.75 bits per heavy atom. The highest BCUT2D eigenvalue weighted by Gasteiger charge is 1.99. The molecule has 0 heterocycles. The van der Waals surface area contributed by atoms with Gasteiger partial charge in [-0.15, -0.1) is 0 Å². The minimum atomic E-state index is -0.290. The van der Waals surface area contributed by atoms with E-state index in [1.54, 1.807) is 13.0 Å². The largest absolute Gasteiger partial charge is 0.471 e. The number of rotatable bonds is 3. The zero-order valence-corrected chi connectivity index (χ0v) is 9.79. The van der Waals surface area contributed by atoms with Gasteiger partial charge in [-0.1, -0.05) is 30.3 Å². The van der Waals surface area contributed by atoms with Crippen LogP contribution in [0.5, 0.6) is 0 Å². The average molecular weight is 235 g/mol. The normalized spacial score (nSPS) is 10.1. The van der Waals surface area contributed by atoms with E-state index in [1.807, 2.05) is 30.3 Å². The van der Waals surface area contributed by atoms with Crippen LogP contribution in [0.25, 0.3) is 6.08 Å². The monoisotopic (exact) mass is 235 g/mol. The number of nitrogens with one attached hydrogen (secondary N) is 1. The predicted molar refractivity (Wildman–Crippen MR) is 67.8 cm³/mol. The zero-order chi connectivity index (χ0) is 11.8. The number of benzene rings is 1. The van der Waals surface area contributed by atoms with Gasteiger partial charge < -0.3 is 4.74 Å². The smallest absolute Gasteiger partial charge is 0.263 e. The van der Waals surface area contributed by atoms with Crippen molar-refractivity contribution in [2.45, 2.75) is 6.92 Å². The SMILES string of the molecule is CCOC(=S)NC(=O)/C=C/c1ccccc1. The van der Waals surface area contributed by atoms with E-state index in [-0.39, 0.29) is 11.1 Å². The lowest BCUT2D eigenvalue weighted by molar-refractivity contribution is -0.115. The summed E-state index contributed by atoms with van der Waals surface area (Å²) in [6.07, 6.45) is 3.13.